The lowest BCUT2D eigenvalue weighted by Gasteiger charge is -2.04. The summed E-state index contributed by atoms with van der Waals surface area (Å²) in [6, 6.07) is 12.8. The lowest BCUT2D eigenvalue weighted by Crippen LogP contribution is -1.93. The molecule has 27 heavy (non-hydrogen) atoms. The van der Waals surface area contributed by atoms with Gasteiger partial charge in [-0.05, 0) is 24.3 Å². The predicted molar refractivity (Wildman–Crippen MR) is 97.9 cm³/mol. The van der Waals surface area contributed by atoms with Gasteiger partial charge in [0.05, 0.1) is 32.4 Å². The second-order valence-corrected chi connectivity index (χ2v) is 5.62. The molecule has 0 aliphatic heterocycles. The number of methoxy groups -OCH3 is 3. The van der Waals surface area contributed by atoms with Crippen LogP contribution in [0.4, 0.5) is 0 Å². The molecule has 0 bridgehead atoms. The molecule has 4 aromatic rings. The van der Waals surface area contributed by atoms with Gasteiger partial charge in [0.2, 0.25) is 17.6 Å². The normalized spacial score (nSPS) is 10.8. The van der Waals surface area contributed by atoms with Crippen molar-refractivity contribution in [1.82, 2.24) is 20.1 Å². The standard InChI is InChI=1S/C19H16N4O4/c1-24-13-5-7-14-11(8-13)4-6-15(20-14)18-22-19(27-23-18)12-9-16(25-2)21-17(10-12)26-3/h4-10H,1-3H3. The van der Waals surface area contributed by atoms with E-state index in [2.05, 4.69) is 20.1 Å². The van der Waals surface area contributed by atoms with Gasteiger partial charge in [0.25, 0.3) is 5.89 Å². The molecule has 8 nitrogen and oxygen atoms in total. The lowest BCUT2D eigenvalue weighted by atomic mass is 10.2. The van der Waals surface area contributed by atoms with Gasteiger partial charge in [-0.2, -0.15) is 9.97 Å². The fourth-order valence-electron chi connectivity index (χ4n) is 2.61. The number of benzene rings is 1. The zero-order valence-electron chi connectivity index (χ0n) is 15.0. The molecule has 4 rings (SSSR count). The maximum absolute atomic E-state index is 5.39. The van der Waals surface area contributed by atoms with Crippen molar-refractivity contribution < 1.29 is 18.7 Å². The molecular weight excluding hydrogens is 348 g/mol. The van der Waals surface area contributed by atoms with Crippen LogP contribution in [0.5, 0.6) is 17.5 Å². The van der Waals surface area contributed by atoms with Crippen LogP contribution in [0.2, 0.25) is 0 Å². The van der Waals surface area contributed by atoms with E-state index in [-0.39, 0.29) is 0 Å². The van der Waals surface area contributed by atoms with E-state index in [1.807, 2.05) is 30.3 Å². The van der Waals surface area contributed by atoms with Crippen molar-refractivity contribution in [3.63, 3.8) is 0 Å². The van der Waals surface area contributed by atoms with E-state index in [0.717, 1.165) is 16.7 Å². The zero-order chi connectivity index (χ0) is 18.8. The molecule has 0 saturated heterocycles. The lowest BCUT2D eigenvalue weighted by molar-refractivity contribution is 0.364. The monoisotopic (exact) mass is 364 g/mol. The molecule has 0 aliphatic rings. The molecule has 0 aliphatic carbocycles. The number of ether oxygens (including phenoxy) is 3. The highest BCUT2D eigenvalue weighted by atomic mass is 16.5. The number of pyridine rings is 2. The number of nitrogens with zero attached hydrogens (tertiary/aromatic N) is 4. The second-order valence-electron chi connectivity index (χ2n) is 5.62. The number of fused-ring (bicyclic) bond motifs is 1. The third-order valence-corrected chi connectivity index (χ3v) is 4.00. The largest absolute Gasteiger partial charge is 0.497 e. The van der Waals surface area contributed by atoms with Crippen molar-refractivity contribution in [2.24, 2.45) is 0 Å². The van der Waals surface area contributed by atoms with Crippen LogP contribution < -0.4 is 14.2 Å². The molecule has 0 atom stereocenters. The highest BCUT2D eigenvalue weighted by molar-refractivity contribution is 5.82. The van der Waals surface area contributed by atoms with E-state index in [4.69, 9.17) is 18.7 Å². The predicted octanol–water partition coefficient (Wildman–Crippen LogP) is 3.37. The Balaban J connectivity index is 1.71. The van der Waals surface area contributed by atoms with Gasteiger partial charge in [0, 0.05) is 17.5 Å². The molecule has 8 heteroatoms. The van der Waals surface area contributed by atoms with Gasteiger partial charge >= 0.3 is 0 Å². The first-order chi connectivity index (χ1) is 13.2. The average molecular weight is 364 g/mol. The molecule has 0 amide bonds. The van der Waals surface area contributed by atoms with Gasteiger partial charge in [0.15, 0.2) is 0 Å². The van der Waals surface area contributed by atoms with Gasteiger partial charge in [-0.15, -0.1) is 0 Å². The topological polar surface area (TPSA) is 92.4 Å². The summed E-state index contributed by atoms with van der Waals surface area (Å²) in [5.74, 6) is 2.27. The fourth-order valence-corrected chi connectivity index (χ4v) is 2.61. The summed E-state index contributed by atoms with van der Waals surface area (Å²) >= 11 is 0. The van der Waals surface area contributed by atoms with Crippen molar-refractivity contribution >= 4 is 10.9 Å². The highest BCUT2D eigenvalue weighted by Gasteiger charge is 2.15. The van der Waals surface area contributed by atoms with Crippen LogP contribution >= 0.6 is 0 Å². The van der Waals surface area contributed by atoms with Gasteiger partial charge in [-0.25, -0.2) is 4.98 Å². The maximum atomic E-state index is 5.39. The zero-order valence-corrected chi connectivity index (χ0v) is 15.0. The van der Waals surface area contributed by atoms with Gasteiger partial charge in [0.1, 0.15) is 11.4 Å². The van der Waals surface area contributed by atoms with Crippen LogP contribution in [-0.4, -0.2) is 41.4 Å². The molecule has 0 radical (unpaired) electrons. The molecule has 0 spiro atoms. The minimum absolute atomic E-state index is 0.320. The highest BCUT2D eigenvalue weighted by Crippen LogP contribution is 2.28. The van der Waals surface area contributed by atoms with Crippen molar-refractivity contribution in [2.75, 3.05) is 21.3 Å². The molecular formula is C19H16N4O4. The van der Waals surface area contributed by atoms with Gasteiger partial charge < -0.3 is 18.7 Å². The average Bonchev–Trinajstić information content (AvgIpc) is 3.22. The fraction of sp³-hybridized carbons (Fsp3) is 0.158. The molecule has 3 aromatic heterocycles. The number of hydrogen-bond acceptors (Lipinski definition) is 8. The summed E-state index contributed by atoms with van der Waals surface area (Å²) < 4.78 is 21.0. The van der Waals surface area contributed by atoms with Crippen molar-refractivity contribution in [3.8, 4) is 40.5 Å². The van der Waals surface area contributed by atoms with E-state index < -0.39 is 0 Å². The van der Waals surface area contributed by atoms with Crippen LogP contribution in [0.25, 0.3) is 33.9 Å². The third-order valence-electron chi connectivity index (χ3n) is 4.00. The Labute approximate surface area is 154 Å². The third kappa shape index (κ3) is 3.24. The Hall–Kier alpha value is -3.68. The Morgan fingerprint density at radius 3 is 2.26 bits per heavy atom. The Morgan fingerprint density at radius 2 is 1.56 bits per heavy atom. The summed E-state index contributed by atoms with van der Waals surface area (Å²) in [4.78, 5) is 13.2. The number of aromatic nitrogens is 4. The molecule has 136 valence electrons. The molecule has 0 unspecified atom stereocenters. The van der Waals surface area contributed by atoms with Crippen LogP contribution in [-0.2, 0) is 0 Å². The van der Waals surface area contributed by atoms with Crippen molar-refractivity contribution in [1.29, 1.82) is 0 Å². The number of rotatable bonds is 5. The first-order valence-corrected chi connectivity index (χ1v) is 8.09. The second kappa shape index (κ2) is 6.91. The van der Waals surface area contributed by atoms with E-state index in [1.54, 1.807) is 19.2 Å². The summed E-state index contributed by atoms with van der Waals surface area (Å²) in [7, 11) is 4.68. The SMILES string of the molecule is COc1ccc2nc(-c3noc(-c4cc(OC)nc(OC)c4)n3)ccc2c1. The van der Waals surface area contributed by atoms with Crippen LogP contribution in [0.15, 0.2) is 47.0 Å². The molecule has 0 N–H and O–H groups in total. The first-order valence-electron chi connectivity index (χ1n) is 8.09. The smallest absolute Gasteiger partial charge is 0.258 e. The minimum atomic E-state index is 0.320. The first kappa shape index (κ1) is 16.8. The van der Waals surface area contributed by atoms with Crippen molar-refractivity contribution in [3.05, 3.63) is 42.5 Å². The minimum Gasteiger partial charge on any atom is -0.497 e. The molecule has 3 heterocycles. The molecule has 1 aromatic carbocycles. The summed E-state index contributed by atoms with van der Waals surface area (Å²) in [5, 5.41) is 5.00. The van der Waals surface area contributed by atoms with Crippen LogP contribution in [0, 0.1) is 0 Å². The Morgan fingerprint density at radius 1 is 0.778 bits per heavy atom. The van der Waals surface area contributed by atoms with Crippen LogP contribution in [0.1, 0.15) is 0 Å². The summed E-state index contributed by atoms with van der Waals surface area (Å²) in [5.41, 5.74) is 2.06. The van der Waals surface area contributed by atoms with E-state index in [0.29, 0.717) is 34.7 Å². The van der Waals surface area contributed by atoms with E-state index >= 15 is 0 Å². The number of hydrogen-bond donors (Lipinski definition) is 0. The molecule has 0 saturated carbocycles. The van der Waals surface area contributed by atoms with Gasteiger partial charge in [-0.1, -0.05) is 11.2 Å². The quantitative estimate of drug-likeness (QED) is 0.532. The van der Waals surface area contributed by atoms with E-state index in [1.165, 1.54) is 14.2 Å². The summed E-state index contributed by atoms with van der Waals surface area (Å²) in [6.45, 7) is 0. The molecule has 0 fully saturated rings. The van der Waals surface area contributed by atoms with Crippen LogP contribution in [0.3, 0.4) is 0 Å². The van der Waals surface area contributed by atoms with Gasteiger partial charge in [-0.3, -0.25) is 0 Å². The Kier molecular flexibility index (Phi) is 4.29. The Bertz CT molecular complexity index is 1090. The van der Waals surface area contributed by atoms with Crippen molar-refractivity contribution in [2.45, 2.75) is 0 Å². The van der Waals surface area contributed by atoms with E-state index in [9.17, 15) is 0 Å². The summed E-state index contributed by atoms with van der Waals surface area (Å²) in [6.07, 6.45) is 0. The maximum Gasteiger partial charge on any atom is 0.258 e.